The van der Waals surface area contributed by atoms with Gasteiger partial charge in [-0.05, 0) is 43.5 Å². The zero-order valence-electron chi connectivity index (χ0n) is 14.1. The lowest BCUT2D eigenvalue weighted by molar-refractivity contribution is -0.274. The van der Waals surface area contributed by atoms with Gasteiger partial charge in [0.1, 0.15) is 5.75 Å². The van der Waals surface area contributed by atoms with E-state index in [0.29, 0.717) is 13.2 Å². The minimum Gasteiger partial charge on any atom is -0.406 e. The van der Waals surface area contributed by atoms with Gasteiger partial charge in [0, 0.05) is 12.8 Å². The number of sulfonamides is 1. The number of halogens is 3. The van der Waals surface area contributed by atoms with Crippen LogP contribution in [0.3, 0.4) is 0 Å². The van der Waals surface area contributed by atoms with Crippen LogP contribution in [0.4, 0.5) is 18.9 Å². The summed E-state index contributed by atoms with van der Waals surface area (Å²) in [7, 11) is -3.96. The third kappa shape index (κ3) is 5.60. The Morgan fingerprint density at radius 2 is 2.00 bits per heavy atom. The van der Waals surface area contributed by atoms with Crippen molar-refractivity contribution >= 4 is 15.7 Å². The lowest BCUT2D eigenvalue weighted by Gasteiger charge is -2.22. The summed E-state index contributed by atoms with van der Waals surface area (Å²) < 4.78 is 74.5. The number of aromatic nitrogens is 2. The normalized spacial score (nSPS) is 18.3. The van der Waals surface area contributed by atoms with Crippen LogP contribution in [0.5, 0.6) is 5.75 Å². The predicted octanol–water partition coefficient (Wildman–Crippen LogP) is 3.15. The van der Waals surface area contributed by atoms with Crippen LogP contribution in [0, 0.1) is 0 Å². The zero-order chi connectivity index (χ0) is 19.5. The van der Waals surface area contributed by atoms with Crippen molar-refractivity contribution in [3.05, 3.63) is 36.7 Å². The van der Waals surface area contributed by atoms with Crippen molar-refractivity contribution in [2.24, 2.45) is 0 Å². The van der Waals surface area contributed by atoms with Gasteiger partial charge in [-0.2, -0.15) is 5.10 Å². The third-order valence-corrected chi connectivity index (χ3v) is 5.31. The van der Waals surface area contributed by atoms with E-state index in [0.717, 1.165) is 43.5 Å². The number of hydrogen-bond acceptors (Lipinski definition) is 5. The average Bonchev–Trinajstić information content (AvgIpc) is 3.01. The molecule has 7 nitrogen and oxygen atoms in total. The number of alkyl halides is 3. The van der Waals surface area contributed by atoms with Gasteiger partial charge >= 0.3 is 6.36 Å². The summed E-state index contributed by atoms with van der Waals surface area (Å²) >= 11 is 0. The molecule has 0 bridgehead atoms. The van der Waals surface area contributed by atoms with Crippen LogP contribution in [-0.4, -0.2) is 37.3 Å². The largest absolute Gasteiger partial charge is 0.573 e. The first kappa shape index (κ1) is 19.5. The molecule has 0 spiro atoms. The first-order valence-corrected chi connectivity index (χ1v) is 9.72. The van der Waals surface area contributed by atoms with E-state index in [-0.39, 0.29) is 16.7 Å². The van der Waals surface area contributed by atoms with Crippen molar-refractivity contribution in [2.45, 2.75) is 43.2 Å². The van der Waals surface area contributed by atoms with Crippen LogP contribution in [0.25, 0.3) is 0 Å². The zero-order valence-corrected chi connectivity index (χ0v) is 15.0. The molecule has 0 saturated carbocycles. The maximum absolute atomic E-state index is 12.4. The van der Waals surface area contributed by atoms with Gasteiger partial charge in [0.25, 0.3) is 10.0 Å². The van der Waals surface area contributed by atoms with Gasteiger partial charge in [0.15, 0.2) is 0 Å². The molecule has 0 radical (unpaired) electrons. The molecule has 27 heavy (non-hydrogen) atoms. The van der Waals surface area contributed by atoms with Crippen molar-refractivity contribution in [3.8, 4) is 5.75 Å². The molecule has 1 aliphatic rings. The van der Waals surface area contributed by atoms with Crippen LogP contribution >= 0.6 is 0 Å². The summed E-state index contributed by atoms with van der Waals surface area (Å²) in [6.45, 7) is 1.23. The highest BCUT2D eigenvalue weighted by Gasteiger charge is 2.31. The molecule has 11 heteroatoms. The SMILES string of the molecule is O=S(=O)(Nc1cnn(C[C@@H]2CCCCO2)c1)c1ccc(OC(F)(F)F)cc1. The van der Waals surface area contributed by atoms with Crippen LogP contribution in [-0.2, 0) is 21.3 Å². The topological polar surface area (TPSA) is 82.5 Å². The molecule has 0 amide bonds. The molecule has 1 atom stereocenters. The lowest BCUT2D eigenvalue weighted by atomic mass is 10.1. The molecular weight excluding hydrogens is 387 g/mol. The highest BCUT2D eigenvalue weighted by molar-refractivity contribution is 7.92. The first-order valence-electron chi connectivity index (χ1n) is 8.24. The van der Waals surface area contributed by atoms with E-state index in [1.165, 1.54) is 12.4 Å². The van der Waals surface area contributed by atoms with E-state index in [1.807, 2.05) is 0 Å². The second-order valence-corrected chi connectivity index (χ2v) is 7.75. The van der Waals surface area contributed by atoms with Crippen molar-refractivity contribution in [3.63, 3.8) is 0 Å². The second kappa shape index (κ2) is 7.77. The van der Waals surface area contributed by atoms with Crippen LogP contribution < -0.4 is 9.46 Å². The third-order valence-electron chi connectivity index (χ3n) is 3.92. The fourth-order valence-corrected chi connectivity index (χ4v) is 3.74. The Hall–Kier alpha value is -2.27. The summed E-state index contributed by atoms with van der Waals surface area (Å²) in [5, 5.41) is 4.11. The number of hydrogen-bond donors (Lipinski definition) is 1. The van der Waals surface area contributed by atoms with Gasteiger partial charge < -0.3 is 9.47 Å². The minimum atomic E-state index is -4.84. The quantitative estimate of drug-likeness (QED) is 0.798. The predicted molar refractivity (Wildman–Crippen MR) is 89.8 cm³/mol. The molecule has 2 aromatic rings. The van der Waals surface area contributed by atoms with Gasteiger partial charge in [0.05, 0.1) is 29.4 Å². The highest BCUT2D eigenvalue weighted by Crippen LogP contribution is 2.25. The van der Waals surface area contributed by atoms with Crippen LogP contribution in [0.15, 0.2) is 41.6 Å². The van der Waals surface area contributed by atoms with Gasteiger partial charge in [-0.25, -0.2) is 8.42 Å². The van der Waals surface area contributed by atoms with Gasteiger partial charge in [0.2, 0.25) is 0 Å². The average molecular weight is 405 g/mol. The number of benzene rings is 1. The maximum atomic E-state index is 12.4. The Bertz CT molecular complexity index is 860. The fourth-order valence-electron chi connectivity index (χ4n) is 2.71. The number of rotatable bonds is 6. The summed E-state index contributed by atoms with van der Waals surface area (Å²) in [5.74, 6) is -0.498. The maximum Gasteiger partial charge on any atom is 0.573 e. The Balaban J connectivity index is 1.64. The molecular formula is C16H18F3N3O4S. The molecule has 0 aliphatic carbocycles. The molecule has 148 valence electrons. The monoisotopic (exact) mass is 405 g/mol. The Morgan fingerprint density at radius 3 is 2.63 bits per heavy atom. The molecule has 1 N–H and O–H groups in total. The number of nitrogens with one attached hydrogen (secondary N) is 1. The Kier molecular flexibility index (Phi) is 5.61. The molecule has 1 aromatic heterocycles. The molecule has 3 rings (SSSR count). The molecule has 1 aromatic carbocycles. The summed E-state index contributed by atoms with van der Waals surface area (Å²) in [4.78, 5) is -0.194. The summed E-state index contributed by atoms with van der Waals surface area (Å²) in [5.41, 5.74) is 0.251. The molecule has 1 fully saturated rings. The van der Waals surface area contributed by atoms with E-state index < -0.39 is 22.1 Å². The molecule has 2 heterocycles. The van der Waals surface area contributed by atoms with Gasteiger partial charge in [-0.15, -0.1) is 13.2 Å². The van der Waals surface area contributed by atoms with Crippen LogP contribution in [0.1, 0.15) is 19.3 Å². The smallest absolute Gasteiger partial charge is 0.406 e. The lowest BCUT2D eigenvalue weighted by Crippen LogP contribution is -2.24. The van der Waals surface area contributed by atoms with Gasteiger partial charge in [-0.1, -0.05) is 0 Å². The number of nitrogens with zero attached hydrogens (tertiary/aromatic N) is 2. The Labute approximate surface area is 154 Å². The number of ether oxygens (including phenoxy) is 2. The van der Waals surface area contributed by atoms with Crippen molar-refractivity contribution < 1.29 is 31.1 Å². The fraction of sp³-hybridized carbons (Fsp3) is 0.438. The highest BCUT2D eigenvalue weighted by atomic mass is 32.2. The van der Waals surface area contributed by atoms with Crippen molar-refractivity contribution in [1.82, 2.24) is 9.78 Å². The standard InChI is InChI=1S/C16H18F3N3O4S/c17-16(18,19)26-13-4-6-15(7-5-13)27(23,24)21-12-9-20-22(10-12)11-14-3-1-2-8-25-14/h4-7,9-10,14,21H,1-3,8,11H2/t14-/m0/s1. The second-order valence-electron chi connectivity index (χ2n) is 6.06. The number of anilines is 1. The molecule has 1 aliphatic heterocycles. The van der Waals surface area contributed by atoms with Crippen molar-refractivity contribution in [1.29, 1.82) is 0 Å². The summed E-state index contributed by atoms with van der Waals surface area (Å²) in [6.07, 6.45) is 1.15. The van der Waals surface area contributed by atoms with E-state index in [4.69, 9.17) is 4.74 Å². The summed E-state index contributed by atoms with van der Waals surface area (Å²) in [6, 6.07) is 3.94. The first-order chi connectivity index (χ1) is 12.7. The molecule has 0 unspecified atom stereocenters. The van der Waals surface area contributed by atoms with Gasteiger partial charge in [-0.3, -0.25) is 9.40 Å². The Morgan fingerprint density at radius 1 is 1.26 bits per heavy atom. The molecule has 1 saturated heterocycles. The minimum absolute atomic E-state index is 0.0456. The van der Waals surface area contributed by atoms with E-state index in [1.54, 1.807) is 4.68 Å². The van der Waals surface area contributed by atoms with E-state index >= 15 is 0 Å². The van der Waals surface area contributed by atoms with Crippen LogP contribution in [0.2, 0.25) is 0 Å². The van der Waals surface area contributed by atoms with E-state index in [9.17, 15) is 21.6 Å². The van der Waals surface area contributed by atoms with Crippen molar-refractivity contribution in [2.75, 3.05) is 11.3 Å². The van der Waals surface area contributed by atoms with E-state index in [2.05, 4.69) is 14.6 Å².